The van der Waals surface area contributed by atoms with Crippen LogP contribution in [0.3, 0.4) is 0 Å². The number of fused-ring (bicyclic) bond motifs is 1. The van der Waals surface area contributed by atoms with Crippen molar-refractivity contribution in [3.05, 3.63) is 64.5 Å². The molecule has 2 aromatic carbocycles. The Bertz CT molecular complexity index is 733. The number of thiophene rings is 1. The SMILES string of the molecule is Cc1cccc(OCc2cc3cc(CN)ccc3s2)c1. The number of aryl methyl sites for hydroxylation is 1. The molecular formula is C17H17NOS. The van der Waals surface area contributed by atoms with Gasteiger partial charge in [-0.3, -0.25) is 0 Å². The smallest absolute Gasteiger partial charge is 0.122 e. The Balaban J connectivity index is 1.77. The first-order valence-electron chi connectivity index (χ1n) is 6.65. The van der Waals surface area contributed by atoms with E-state index in [1.165, 1.54) is 26.1 Å². The Labute approximate surface area is 122 Å². The van der Waals surface area contributed by atoms with E-state index >= 15 is 0 Å². The fourth-order valence-electron chi connectivity index (χ4n) is 2.21. The molecule has 0 aliphatic heterocycles. The number of ether oxygens (including phenoxy) is 1. The summed E-state index contributed by atoms with van der Waals surface area (Å²) in [5.74, 6) is 0.921. The topological polar surface area (TPSA) is 35.2 Å². The normalized spacial score (nSPS) is 10.9. The van der Waals surface area contributed by atoms with E-state index in [0.717, 1.165) is 5.75 Å². The Morgan fingerprint density at radius 2 is 2.00 bits per heavy atom. The second-order valence-corrected chi connectivity index (χ2v) is 6.06. The summed E-state index contributed by atoms with van der Waals surface area (Å²) < 4.78 is 7.13. The molecule has 1 aromatic heterocycles. The van der Waals surface area contributed by atoms with Crippen molar-refractivity contribution in [2.75, 3.05) is 0 Å². The minimum absolute atomic E-state index is 0.584. The van der Waals surface area contributed by atoms with Crippen LogP contribution in [0.15, 0.2) is 48.5 Å². The molecule has 0 amide bonds. The maximum atomic E-state index is 5.84. The van der Waals surface area contributed by atoms with Gasteiger partial charge in [-0.1, -0.05) is 18.2 Å². The van der Waals surface area contributed by atoms with Crippen LogP contribution >= 0.6 is 11.3 Å². The number of rotatable bonds is 4. The molecule has 0 aliphatic carbocycles. The van der Waals surface area contributed by atoms with Crippen LogP contribution in [0.4, 0.5) is 0 Å². The van der Waals surface area contributed by atoms with Gasteiger partial charge < -0.3 is 10.5 Å². The van der Waals surface area contributed by atoms with Gasteiger partial charge in [-0.25, -0.2) is 0 Å². The van der Waals surface area contributed by atoms with Crippen LogP contribution in [0.25, 0.3) is 10.1 Å². The Morgan fingerprint density at radius 1 is 1.10 bits per heavy atom. The summed E-state index contributed by atoms with van der Waals surface area (Å²) in [6.07, 6.45) is 0. The van der Waals surface area contributed by atoms with Gasteiger partial charge >= 0.3 is 0 Å². The molecule has 0 radical (unpaired) electrons. The molecule has 1 heterocycles. The molecule has 0 spiro atoms. The van der Waals surface area contributed by atoms with Crippen LogP contribution in [0.1, 0.15) is 16.0 Å². The Kier molecular flexibility index (Phi) is 3.72. The lowest BCUT2D eigenvalue weighted by Gasteiger charge is -2.04. The second kappa shape index (κ2) is 5.65. The van der Waals surface area contributed by atoms with Gasteiger partial charge in [-0.2, -0.15) is 0 Å². The maximum absolute atomic E-state index is 5.84. The number of hydrogen-bond acceptors (Lipinski definition) is 3. The van der Waals surface area contributed by atoms with Crippen LogP contribution in [-0.4, -0.2) is 0 Å². The number of hydrogen-bond donors (Lipinski definition) is 1. The van der Waals surface area contributed by atoms with E-state index in [4.69, 9.17) is 10.5 Å². The fourth-order valence-corrected chi connectivity index (χ4v) is 3.16. The van der Waals surface area contributed by atoms with E-state index in [-0.39, 0.29) is 0 Å². The molecule has 0 saturated carbocycles. The summed E-state index contributed by atoms with van der Waals surface area (Å²) in [6.45, 7) is 3.27. The molecule has 0 atom stereocenters. The van der Waals surface area contributed by atoms with Crippen LogP contribution in [-0.2, 0) is 13.2 Å². The minimum atomic E-state index is 0.584. The highest BCUT2D eigenvalue weighted by Gasteiger charge is 2.04. The van der Waals surface area contributed by atoms with Crippen LogP contribution in [0.5, 0.6) is 5.75 Å². The standard InChI is InChI=1S/C17H17NOS/c1-12-3-2-4-15(7-12)19-11-16-9-14-8-13(10-18)5-6-17(14)20-16/h2-9H,10-11,18H2,1H3. The molecule has 0 aliphatic rings. The zero-order valence-corrected chi connectivity index (χ0v) is 12.2. The summed E-state index contributed by atoms with van der Waals surface area (Å²) in [4.78, 5) is 1.23. The lowest BCUT2D eigenvalue weighted by molar-refractivity contribution is 0.309. The highest BCUT2D eigenvalue weighted by atomic mass is 32.1. The largest absolute Gasteiger partial charge is 0.488 e. The monoisotopic (exact) mass is 283 g/mol. The lowest BCUT2D eigenvalue weighted by Crippen LogP contribution is -1.94. The minimum Gasteiger partial charge on any atom is -0.488 e. The van der Waals surface area contributed by atoms with Gasteiger partial charge in [0.2, 0.25) is 0 Å². The van der Waals surface area contributed by atoms with Crippen molar-refractivity contribution < 1.29 is 4.74 Å². The van der Waals surface area contributed by atoms with Gasteiger partial charge in [0, 0.05) is 16.1 Å². The first-order chi connectivity index (χ1) is 9.74. The molecule has 3 aromatic rings. The molecule has 2 N–H and O–H groups in total. The molecule has 0 saturated heterocycles. The van der Waals surface area contributed by atoms with E-state index in [0.29, 0.717) is 13.2 Å². The first-order valence-corrected chi connectivity index (χ1v) is 7.47. The van der Waals surface area contributed by atoms with Crippen LogP contribution in [0, 0.1) is 6.92 Å². The van der Waals surface area contributed by atoms with Crippen molar-refractivity contribution in [1.29, 1.82) is 0 Å². The zero-order valence-electron chi connectivity index (χ0n) is 11.4. The van der Waals surface area contributed by atoms with Gasteiger partial charge in [-0.05, 0) is 53.8 Å². The van der Waals surface area contributed by atoms with Gasteiger partial charge in [0.1, 0.15) is 12.4 Å². The van der Waals surface area contributed by atoms with Crippen molar-refractivity contribution >= 4 is 21.4 Å². The van der Waals surface area contributed by atoms with E-state index in [1.807, 2.05) is 12.1 Å². The summed E-state index contributed by atoms with van der Waals surface area (Å²) in [5, 5.41) is 1.25. The summed E-state index contributed by atoms with van der Waals surface area (Å²) in [5.41, 5.74) is 8.06. The van der Waals surface area contributed by atoms with Crippen LogP contribution < -0.4 is 10.5 Å². The van der Waals surface area contributed by atoms with Crippen LogP contribution in [0.2, 0.25) is 0 Å². The van der Waals surface area contributed by atoms with E-state index in [1.54, 1.807) is 11.3 Å². The number of nitrogens with two attached hydrogens (primary N) is 1. The predicted octanol–water partition coefficient (Wildman–Crippen LogP) is 4.25. The van der Waals surface area contributed by atoms with Crippen molar-refractivity contribution in [2.45, 2.75) is 20.1 Å². The molecule has 102 valence electrons. The second-order valence-electron chi connectivity index (χ2n) is 4.89. The molecule has 0 unspecified atom stereocenters. The Hall–Kier alpha value is -1.84. The Morgan fingerprint density at radius 3 is 2.80 bits per heavy atom. The van der Waals surface area contributed by atoms with Gasteiger partial charge in [0.25, 0.3) is 0 Å². The molecule has 0 fully saturated rings. The van der Waals surface area contributed by atoms with Crippen molar-refractivity contribution in [2.24, 2.45) is 5.73 Å². The van der Waals surface area contributed by atoms with E-state index in [9.17, 15) is 0 Å². The van der Waals surface area contributed by atoms with E-state index < -0.39 is 0 Å². The number of benzene rings is 2. The molecule has 2 nitrogen and oxygen atoms in total. The third-order valence-corrected chi connectivity index (χ3v) is 4.33. The highest BCUT2D eigenvalue weighted by molar-refractivity contribution is 7.19. The molecule has 0 bridgehead atoms. The molecule has 3 heteroatoms. The quantitative estimate of drug-likeness (QED) is 0.777. The molecule has 3 rings (SSSR count). The third kappa shape index (κ3) is 2.84. The van der Waals surface area contributed by atoms with E-state index in [2.05, 4.69) is 43.3 Å². The predicted molar refractivity (Wildman–Crippen MR) is 85.2 cm³/mol. The van der Waals surface area contributed by atoms with Crippen molar-refractivity contribution in [1.82, 2.24) is 0 Å². The molecule has 20 heavy (non-hydrogen) atoms. The maximum Gasteiger partial charge on any atom is 0.122 e. The summed E-state index contributed by atoms with van der Waals surface area (Å²) >= 11 is 1.77. The van der Waals surface area contributed by atoms with Crippen molar-refractivity contribution in [3.8, 4) is 5.75 Å². The zero-order chi connectivity index (χ0) is 13.9. The van der Waals surface area contributed by atoms with Crippen molar-refractivity contribution in [3.63, 3.8) is 0 Å². The highest BCUT2D eigenvalue weighted by Crippen LogP contribution is 2.27. The average Bonchev–Trinajstić information content (AvgIpc) is 2.87. The fraction of sp³-hybridized carbons (Fsp3) is 0.176. The van der Waals surface area contributed by atoms with Gasteiger partial charge in [0.15, 0.2) is 0 Å². The lowest BCUT2D eigenvalue weighted by atomic mass is 10.1. The summed E-state index contributed by atoms with van der Waals surface area (Å²) in [7, 11) is 0. The first kappa shape index (κ1) is 13.2. The third-order valence-electron chi connectivity index (χ3n) is 3.24. The van der Waals surface area contributed by atoms with Gasteiger partial charge in [-0.15, -0.1) is 11.3 Å². The molecular weight excluding hydrogens is 266 g/mol. The average molecular weight is 283 g/mol. The summed E-state index contributed by atoms with van der Waals surface area (Å²) in [6, 6.07) is 16.7. The van der Waals surface area contributed by atoms with Gasteiger partial charge in [0.05, 0.1) is 0 Å².